The Balaban J connectivity index is 2.68. The fourth-order valence-electron chi connectivity index (χ4n) is 1.81. The van der Waals surface area contributed by atoms with Crippen molar-refractivity contribution in [3.8, 4) is 5.75 Å². The molecular formula is C16H27NO2. The molecule has 0 aliphatic heterocycles. The molecule has 108 valence electrons. The number of hydrogen-bond acceptors (Lipinski definition) is 3. The van der Waals surface area contributed by atoms with Crippen molar-refractivity contribution >= 4 is 0 Å². The Morgan fingerprint density at radius 3 is 2.47 bits per heavy atom. The van der Waals surface area contributed by atoms with Crippen LogP contribution in [-0.4, -0.2) is 17.3 Å². The Hall–Kier alpha value is -1.06. The molecule has 3 nitrogen and oxygen atoms in total. The molecule has 0 aromatic heterocycles. The number of ether oxygens (including phenoxy) is 1. The summed E-state index contributed by atoms with van der Waals surface area (Å²) in [5.74, 6) is 0.146. The summed E-state index contributed by atoms with van der Waals surface area (Å²) in [6, 6.07) is 6.61. The maximum Gasteiger partial charge on any atom is 0.119 e. The molecule has 0 aliphatic rings. The van der Waals surface area contributed by atoms with E-state index in [4.69, 9.17) is 14.6 Å². The molecule has 0 unspecified atom stereocenters. The Bertz CT molecular complexity index is 452. The predicted octanol–water partition coefficient (Wildman–Crippen LogP) is 3.27. The van der Waals surface area contributed by atoms with Gasteiger partial charge in [-0.15, -0.1) is 0 Å². The molecule has 3 N–H and O–H groups in total. The molecule has 0 aliphatic carbocycles. The van der Waals surface area contributed by atoms with E-state index in [1.54, 1.807) is 38.1 Å². The number of hydrogen-bond donors (Lipinski definition) is 2. The van der Waals surface area contributed by atoms with Crippen LogP contribution in [0.3, 0.4) is 0 Å². The highest BCUT2D eigenvalue weighted by atomic mass is 16.5. The minimum atomic E-state index is -2.00. The van der Waals surface area contributed by atoms with Crippen molar-refractivity contribution in [2.24, 2.45) is 11.7 Å². The minimum Gasteiger partial charge on any atom is -0.493 e. The van der Waals surface area contributed by atoms with Crippen LogP contribution < -0.4 is 10.5 Å². The molecule has 19 heavy (non-hydrogen) atoms. The summed E-state index contributed by atoms with van der Waals surface area (Å²) in [4.78, 5) is 0. The largest absolute Gasteiger partial charge is 0.493 e. The van der Waals surface area contributed by atoms with E-state index in [2.05, 4.69) is 0 Å². The SMILES string of the molecule is [2H]C([2H])([2H])[C@H](CCC)COc1ccc([C@@H](N)C(C)(C)O)cc1. The van der Waals surface area contributed by atoms with Crippen molar-refractivity contribution in [1.29, 1.82) is 0 Å². The third kappa shape index (κ3) is 5.21. The number of rotatable bonds is 7. The third-order valence-electron chi connectivity index (χ3n) is 3.09. The third-order valence-corrected chi connectivity index (χ3v) is 3.09. The second kappa shape index (κ2) is 6.92. The van der Waals surface area contributed by atoms with Gasteiger partial charge in [-0.25, -0.2) is 0 Å². The first kappa shape index (κ1) is 11.7. The maximum atomic E-state index is 9.91. The smallest absolute Gasteiger partial charge is 0.119 e. The molecule has 1 aromatic carbocycles. The first-order valence-electron chi connectivity index (χ1n) is 8.26. The van der Waals surface area contributed by atoms with Gasteiger partial charge < -0.3 is 15.6 Å². The normalized spacial score (nSPS) is 18.1. The Morgan fingerprint density at radius 2 is 2.00 bits per heavy atom. The number of benzene rings is 1. The minimum absolute atomic E-state index is 0.168. The van der Waals surface area contributed by atoms with Crippen LogP contribution in [0.15, 0.2) is 24.3 Å². The van der Waals surface area contributed by atoms with Crippen molar-refractivity contribution < 1.29 is 14.0 Å². The van der Waals surface area contributed by atoms with E-state index in [1.165, 1.54) is 0 Å². The molecular weight excluding hydrogens is 238 g/mol. The lowest BCUT2D eigenvalue weighted by molar-refractivity contribution is 0.0517. The monoisotopic (exact) mass is 268 g/mol. The predicted molar refractivity (Wildman–Crippen MR) is 79.2 cm³/mol. The molecule has 0 spiro atoms. The van der Waals surface area contributed by atoms with Crippen LogP contribution in [-0.2, 0) is 0 Å². The highest BCUT2D eigenvalue weighted by Gasteiger charge is 2.24. The van der Waals surface area contributed by atoms with E-state index < -0.39 is 24.4 Å². The van der Waals surface area contributed by atoms with Crippen molar-refractivity contribution in [2.45, 2.75) is 52.1 Å². The van der Waals surface area contributed by atoms with Gasteiger partial charge in [-0.3, -0.25) is 0 Å². The van der Waals surface area contributed by atoms with Crippen molar-refractivity contribution in [3.05, 3.63) is 29.8 Å². The van der Waals surface area contributed by atoms with Gasteiger partial charge in [0.2, 0.25) is 0 Å². The highest BCUT2D eigenvalue weighted by Crippen LogP contribution is 2.24. The van der Waals surface area contributed by atoms with Gasteiger partial charge in [0.15, 0.2) is 0 Å². The number of aliphatic hydroxyl groups is 1. The lowest BCUT2D eigenvalue weighted by Gasteiger charge is -2.26. The van der Waals surface area contributed by atoms with Crippen LogP contribution in [0.5, 0.6) is 5.75 Å². The van der Waals surface area contributed by atoms with Crippen LogP contribution >= 0.6 is 0 Å². The van der Waals surface area contributed by atoms with Crippen molar-refractivity contribution in [3.63, 3.8) is 0 Å². The van der Waals surface area contributed by atoms with Crippen LogP contribution in [0, 0.1) is 5.92 Å². The summed E-state index contributed by atoms with van der Waals surface area (Å²) in [6.45, 7) is 3.45. The molecule has 0 fully saturated rings. The van der Waals surface area contributed by atoms with Gasteiger partial charge in [0.25, 0.3) is 0 Å². The van der Waals surface area contributed by atoms with Gasteiger partial charge in [-0.1, -0.05) is 32.3 Å². The van der Waals surface area contributed by atoms with Gasteiger partial charge in [0.1, 0.15) is 5.75 Å². The van der Waals surface area contributed by atoms with Crippen LogP contribution in [0.25, 0.3) is 0 Å². The van der Waals surface area contributed by atoms with Gasteiger partial charge in [0, 0.05) is 4.11 Å². The van der Waals surface area contributed by atoms with E-state index in [0.717, 1.165) is 12.0 Å². The highest BCUT2D eigenvalue weighted by molar-refractivity contribution is 5.30. The maximum absolute atomic E-state index is 9.91. The summed E-state index contributed by atoms with van der Waals surface area (Å²) in [7, 11) is 0. The summed E-state index contributed by atoms with van der Waals surface area (Å²) in [5.41, 5.74) is 5.78. The first-order chi connectivity index (χ1) is 10.1. The molecule has 1 rings (SSSR count). The molecule has 0 saturated heterocycles. The topological polar surface area (TPSA) is 55.5 Å². The Kier molecular flexibility index (Phi) is 4.28. The van der Waals surface area contributed by atoms with E-state index in [9.17, 15) is 5.11 Å². The molecule has 0 radical (unpaired) electrons. The standard InChI is InChI=1S/C16H27NO2/c1-5-6-12(2)11-19-14-9-7-13(8-10-14)15(17)16(3,4)18/h7-10,12,15,18H,5-6,11,17H2,1-4H3/t12-,15-/m1/s1/i2D3. The van der Waals surface area contributed by atoms with E-state index in [0.29, 0.717) is 12.2 Å². The number of nitrogens with two attached hydrogens (primary N) is 1. The fraction of sp³-hybridized carbons (Fsp3) is 0.625. The van der Waals surface area contributed by atoms with Crippen LogP contribution in [0.2, 0.25) is 0 Å². The average molecular weight is 268 g/mol. The Labute approximate surface area is 121 Å². The lowest BCUT2D eigenvalue weighted by atomic mass is 9.93. The molecule has 2 atom stereocenters. The molecule has 0 amide bonds. The van der Waals surface area contributed by atoms with Gasteiger partial charge >= 0.3 is 0 Å². The molecule has 1 aromatic rings. The summed E-state index contributed by atoms with van der Waals surface area (Å²) in [6.07, 6.45) is 1.42. The Morgan fingerprint density at radius 1 is 1.37 bits per heavy atom. The summed E-state index contributed by atoms with van der Waals surface area (Å²) < 4.78 is 28.2. The van der Waals surface area contributed by atoms with Crippen LogP contribution in [0.4, 0.5) is 0 Å². The van der Waals surface area contributed by atoms with E-state index >= 15 is 0 Å². The molecule has 0 heterocycles. The second-order valence-corrected chi connectivity index (χ2v) is 5.50. The van der Waals surface area contributed by atoms with Crippen LogP contribution in [0.1, 0.15) is 56.2 Å². The molecule has 3 heteroatoms. The van der Waals surface area contributed by atoms with Gasteiger partial charge in [-0.2, -0.15) is 0 Å². The summed E-state index contributed by atoms with van der Waals surface area (Å²) >= 11 is 0. The van der Waals surface area contributed by atoms with E-state index in [-0.39, 0.29) is 6.61 Å². The summed E-state index contributed by atoms with van der Waals surface area (Å²) in [5, 5.41) is 9.91. The molecule has 0 saturated carbocycles. The zero-order chi connectivity index (χ0) is 17.0. The van der Waals surface area contributed by atoms with Crippen molar-refractivity contribution in [1.82, 2.24) is 0 Å². The van der Waals surface area contributed by atoms with Crippen molar-refractivity contribution in [2.75, 3.05) is 6.61 Å². The zero-order valence-electron chi connectivity index (χ0n) is 15.0. The molecule has 0 bridgehead atoms. The van der Waals surface area contributed by atoms with Gasteiger partial charge in [-0.05, 0) is 43.9 Å². The first-order valence-corrected chi connectivity index (χ1v) is 6.76. The quantitative estimate of drug-likeness (QED) is 0.798. The second-order valence-electron chi connectivity index (χ2n) is 5.50. The van der Waals surface area contributed by atoms with Gasteiger partial charge in [0.05, 0.1) is 18.2 Å². The fourth-order valence-corrected chi connectivity index (χ4v) is 1.81. The zero-order valence-corrected chi connectivity index (χ0v) is 12.0. The van der Waals surface area contributed by atoms with E-state index in [1.807, 2.05) is 6.92 Å². The average Bonchev–Trinajstić information content (AvgIpc) is 2.41. The lowest BCUT2D eigenvalue weighted by Crippen LogP contribution is -2.34.